The van der Waals surface area contributed by atoms with Gasteiger partial charge in [0.1, 0.15) is 5.82 Å². The number of aliphatic hydroxyl groups is 1. The molecule has 2 aromatic carbocycles. The number of aryl methyl sites for hydroxylation is 1. The molecule has 0 unspecified atom stereocenters. The van der Waals surface area contributed by atoms with Crippen LogP contribution < -0.4 is 4.90 Å². The summed E-state index contributed by atoms with van der Waals surface area (Å²) in [5, 5.41) is 9.06. The summed E-state index contributed by atoms with van der Waals surface area (Å²) in [4.78, 5) is 2.09. The predicted octanol–water partition coefficient (Wildman–Crippen LogP) is 3.27. The van der Waals surface area contributed by atoms with Crippen molar-refractivity contribution in [2.24, 2.45) is 0 Å². The number of hydrogen-bond acceptors (Lipinski definition) is 2. The number of anilines is 1. The van der Waals surface area contributed by atoms with Crippen molar-refractivity contribution in [2.75, 3.05) is 11.4 Å². The normalized spacial score (nSPS) is 14.8. The third-order valence-corrected chi connectivity index (χ3v) is 3.89. The van der Waals surface area contributed by atoms with E-state index >= 15 is 0 Å². The second-order valence-corrected chi connectivity index (χ2v) is 5.24. The van der Waals surface area contributed by atoms with E-state index in [2.05, 4.69) is 23.1 Å². The lowest BCUT2D eigenvalue weighted by molar-refractivity contribution is 0.281. The average molecular weight is 271 g/mol. The quantitative estimate of drug-likeness (QED) is 0.906. The van der Waals surface area contributed by atoms with Crippen molar-refractivity contribution >= 4 is 5.69 Å². The molecule has 0 atom stereocenters. The highest BCUT2D eigenvalue weighted by molar-refractivity contribution is 5.50. The Hall–Kier alpha value is -1.87. The number of benzene rings is 2. The van der Waals surface area contributed by atoms with Crippen molar-refractivity contribution in [3.63, 3.8) is 0 Å². The molecular weight excluding hydrogens is 253 g/mol. The van der Waals surface area contributed by atoms with Crippen LogP contribution in [0.5, 0.6) is 0 Å². The first-order chi connectivity index (χ1) is 9.78. The largest absolute Gasteiger partial charge is 0.392 e. The fourth-order valence-electron chi connectivity index (χ4n) is 2.81. The maximum Gasteiger partial charge on any atom is 0.146 e. The molecule has 2 nitrogen and oxygen atoms in total. The van der Waals surface area contributed by atoms with E-state index in [9.17, 15) is 4.39 Å². The van der Waals surface area contributed by atoms with Crippen LogP contribution in [0.2, 0.25) is 0 Å². The summed E-state index contributed by atoms with van der Waals surface area (Å²) in [7, 11) is 0. The van der Waals surface area contributed by atoms with Gasteiger partial charge >= 0.3 is 0 Å². The first kappa shape index (κ1) is 13.1. The molecule has 0 saturated carbocycles. The zero-order valence-corrected chi connectivity index (χ0v) is 11.3. The number of rotatable bonds is 2. The van der Waals surface area contributed by atoms with Crippen LogP contribution in [0.1, 0.15) is 23.1 Å². The maximum atomic E-state index is 14.2. The molecule has 0 amide bonds. The molecule has 0 aromatic heterocycles. The lowest BCUT2D eigenvalue weighted by atomic mass is 10.0. The lowest BCUT2D eigenvalue weighted by Crippen LogP contribution is -2.23. The SMILES string of the molecule is OCc1ccc(N2CCCc3ccccc3C2)c(F)c1. The van der Waals surface area contributed by atoms with Crippen LogP contribution in [-0.2, 0) is 19.6 Å². The van der Waals surface area contributed by atoms with Gasteiger partial charge in [-0.15, -0.1) is 0 Å². The summed E-state index contributed by atoms with van der Waals surface area (Å²) in [5.41, 5.74) is 3.87. The molecular formula is C17H18FNO. The van der Waals surface area contributed by atoms with Crippen LogP contribution in [0.25, 0.3) is 0 Å². The molecule has 2 aromatic rings. The Labute approximate surface area is 118 Å². The third-order valence-electron chi connectivity index (χ3n) is 3.89. The van der Waals surface area contributed by atoms with Crippen LogP contribution in [0, 0.1) is 5.82 Å². The second-order valence-electron chi connectivity index (χ2n) is 5.24. The third kappa shape index (κ3) is 2.54. The smallest absolute Gasteiger partial charge is 0.146 e. The summed E-state index contributed by atoms with van der Waals surface area (Å²) >= 11 is 0. The number of hydrogen-bond donors (Lipinski definition) is 1. The van der Waals surface area contributed by atoms with E-state index in [4.69, 9.17) is 5.11 Å². The molecule has 0 aliphatic carbocycles. The molecule has 0 radical (unpaired) electrons. The monoisotopic (exact) mass is 271 g/mol. The Morgan fingerprint density at radius 1 is 1.10 bits per heavy atom. The van der Waals surface area contributed by atoms with E-state index in [1.54, 1.807) is 12.1 Å². The Morgan fingerprint density at radius 3 is 2.65 bits per heavy atom. The predicted molar refractivity (Wildman–Crippen MR) is 78.1 cm³/mol. The fraction of sp³-hybridized carbons (Fsp3) is 0.294. The molecule has 0 spiro atoms. The number of fused-ring (bicyclic) bond motifs is 1. The standard InChI is InChI=1S/C17H18FNO/c18-16-10-13(12-20)7-8-17(16)19-9-3-6-14-4-1-2-5-15(14)11-19/h1-2,4-5,7-8,10,20H,3,6,9,11-12H2. The van der Waals surface area contributed by atoms with Crippen molar-refractivity contribution < 1.29 is 9.50 Å². The minimum absolute atomic E-state index is 0.125. The van der Waals surface area contributed by atoms with Gasteiger partial charge in [0.05, 0.1) is 12.3 Å². The van der Waals surface area contributed by atoms with Crippen molar-refractivity contribution in [1.82, 2.24) is 0 Å². The van der Waals surface area contributed by atoms with E-state index < -0.39 is 0 Å². The summed E-state index contributed by atoms with van der Waals surface area (Å²) in [6, 6.07) is 13.4. The molecule has 0 fully saturated rings. The fourth-order valence-corrected chi connectivity index (χ4v) is 2.81. The molecule has 3 rings (SSSR count). The van der Waals surface area contributed by atoms with Gasteiger partial charge in [0.15, 0.2) is 0 Å². The Balaban J connectivity index is 1.91. The number of nitrogens with zero attached hydrogens (tertiary/aromatic N) is 1. The van der Waals surface area contributed by atoms with Gasteiger partial charge in [0.25, 0.3) is 0 Å². The minimum Gasteiger partial charge on any atom is -0.392 e. The Kier molecular flexibility index (Phi) is 3.70. The van der Waals surface area contributed by atoms with Gasteiger partial charge in [0.2, 0.25) is 0 Å². The molecule has 3 heteroatoms. The van der Waals surface area contributed by atoms with E-state index in [1.165, 1.54) is 17.2 Å². The van der Waals surface area contributed by atoms with E-state index in [0.717, 1.165) is 25.9 Å². The van der Waals surface area contributed by atoms with Crippen molar-refractivity contribution in [3.8, 4) is 0 Å². The van der Waals surface area contributed by atoms with E-state index in [-0.39, 0.29) is 12.4 Å². The van der Waals surface area contributed by atoms with Crippen LogP contribution in [0.4, 0.5) is 10.1 Å². The van der Waals surface area contributed by atoms with Crippen molar-refractivity contribution in [2.45, 2.75) is 26.0 Å². The van der Waals surface area contributed by atoms with E-state index in [0.29, 0.717) is 11.3 Å². The second kappa shape index (κ2) is 5.63. The summed E-state index contributed by atoms with van der Waals surface area (Å²) in [5.74, 6) is -0.254. The molecule has 1 heterocycles. The molecule has 0 bridgehead atoms. The van der Waals surface area contributed by atoms with Gasteiger partial charge < -0.3 is 10.0 Å². The summed E-state index contributed by atoms with van der Waals surface area (Å²) in [6.45, 7) is 1.47. The first-order valence-electron chi connectivity index (χ1n) is 6.99. The molecule has 1 N–H and O–H groups in total. The van der Waals surface area contributed by atoms with Gasteiger partial charge in [-0.25, -0.2) is 4.39 Å². The summed E-state index contributed by atoms with van der Waals surface area (Å²) < 4.78 is 14.2. The van der Waals surface area contributed by atoms with Crippen LogP contribution in [0.15, 0.2) is 42.5 Å². The van der Waals surface area contributed by atoms with E-state index in [1.807, 2.05) is 6.07 Å². The molecule has 1 aliphatic heterocycles. The van der Waals surface area contributed by atoms with Gasteiger partial charge in [-0.05, 0) is 41.7 Å². The highest BCUT2D eigenvalue weighted by atomic mass is 19.1. The topological polar surface area (TPSA) is 23.5 Å². The maximum absolute atomic E-state index is 14.2. The van der Waals surface area contributed by atoms with Gasteiger partial charge in [-0.2, -0.15) is 0 Å². The van der Waals surface area contributed by atoms with Crippen LogP contribution >= 0.6 is 0 Å². The van der Waals surface area contributed by atoms with Crippen LogP contribution in [0.3, 0.4) is 0 Å². The highest BCUT2D eigenvalue weighted by Crippen LogP contribution is 2.26. The molecule has 0 saturated heterocycles. The average Bonchev–Trinajstić information content (AvgIpc) is 2.69. The van der Waals surface area contributed by atoms with Gasteiger partial charge in [0, 0.05) is 13.1 Å². The number of halogens is 1. The lowest BCUT2D eigenvalue weighted by Gasteiger charge is -2.24. The van der Waals surface area contributed by atoms with Gasteiger partial charge in [-0.1, -0.05) is 30.3 Å². The Morgan fingerprint density at radius 2 is 1.90 bits per heavy atom. The van der Waals surface area contributed by atoms with Crippen LogP contribution in [-0.4, -0.2) is 11.7 Å². The molecule has 1 aliphatic rings. The summed E-state index contributed by atoms with van der Waals surface area (Å²) in [6.07, 6.45) is 2.07. The molecule has 20 heavy (non-hydrogen) atoms. The zero-order chi connectivity index (χ0) is 13.9. The highest BCUT2D eigenvalue weighted by Gasteiger charge is 2.17. The minimum atomic E-state index is -0.254. The Bertz CT molecular complexity index is 612. The number of aliphatic hydroxyl groups excluding tert-OH is 1. The molecule has 104 valence electrons. The zero-order valence-electron chi connectivity index (χ0n) is 11.3. The van der Waals surface area contributed by atoms with Gasteiger partial charge in [-0.3, -0.25) is 0 Å². The first-order valence-corrected chi connectivity index (χ1v) is 6.99. The van der Waals surface area contributed by atoms with Crippen molar-refractivity contribution in [1.29, 1.82) is 0 Å². The van der Waals surface area contributed by atoms with Crippen molar-refractivity contribution in [3.05, 3.63) is 65.0 Å².